The first-order chi connectivity index (χ1) is 16.2. The van der Waals surface area contributed by atoms with Crippen LogP contribution in [0.4, 0.5) is 5.69 Å². The van der Waals surface area contributed by atoms with Crippen LogP contribution in [-0.4, -0.2) is 60.2 Å². The summed E-state index contributed by atoms with van der Waals surface area (Å²) < 4.78 is 41.5. The number of fused-ring (bicyclic) bond motifs is 1. The Morgan fingerprint density at radius 2 is 1.79 bits per heavy atom. The third kappa shape index (κ3) is 4.72. The third-order valence-electron chi connectivity index (χ3n) is 5.55. The van der Waals surface area contributed by atoms with Gasteiger partial charge < -0.3 is 14.8 Å². The number of hydrogen-bond donors (Lipinski definition) is 1. The first kappa shape index (κ1) is 24.0. The van der Waals surface area contributed by atoms with E-state index in [0.29, 0.717) is 30.0 Å². The summed E-state index contributed by atoms with van der Waals surface area (Å²) in [6, 6.07) is 11.6. The average Bonchev–Trinajstić information content (AvgIpc) is 3.05. The molecule has 1 aliphatic heterocycles. The van der Waals surface area contributed by atoms with Gasteiger partial charge in [0.25, 0.3) is 0 Å². The number of nitrogens with zero attached hydrogens (tertiary/aromatic N) is 3. The number of benzene rings is 2. The molecule has 0 bridgehead atoms. The Morgan fingerprint density at radius 3 is 2.47 bits per heavy atom. The molecule has 4 rings (SSSR count). The molecule has 182 valence electrons. The van der Waals surface area contributed by atoms with Crippen LogP contribution in [0.3, 0.4) is 0 Å². The number of nitrogens with one attached hydrogen (secondary N) is 1. The predicted octanol–water partition coefficient (Wildman–Crippen LogP) is 1.79. The Hall–Kier alpha value is -3.15. The maximum Gasteiger partial charge on any atom is 0.329 e. The molecule has 0 saturated carbocycles. The Bertz CT molecular complexity index is 1370. The van der Waals surface area contributed by atoms with Crippen molar-refractivity contribution >= 4 is 32.7 Å². The molecule has 0 unspecified atom stereocenters. The van der Waals surface area contributed by atoms with Gasteiger partial charge in [-0.15, -0.1) is 0 Å². The van der Waals surface area contributed by atoms with Gasteiger partial charge in [0.15, 0.2) is 0 Å². The van der Waals surface area contributed by atoms with Crippen LogP contribution in [0.5, 0.6) is 5.75 Å². The number of amides is 1. The van der Waals surface area contributed by atoms with Crippen molar-refractivity contribution in [3.8, 4) is 5.75 Å². The highest BCUT2D eigenvalue weighted by molar-refractivity contribution is 7.89. The van der Waals surface area contributed by atoms with Gasteiger partial charge in [0.1, 0.15) is 12.3 Å². The largest absolute Gasteiger partial charge is 0.489 e. The van der Waals surface area contributed by atoms with E-state index in [1.54, 1.807) is 25.2 Å². The molecule has 2 heterocycles. The van der Waals surface area contributed by atoms with Crippen LogP contribution in [-0.2, 0) is 33.1 Å². The molecule has 3 aromatic rings. The van der Waals surface area contributed by atoms with E-state index in [4.69, 9.17) is 9.47 Å². The summed E-state index contributed by atoms with van der Waals surface area (Å²) in [6.07, 6.45) is -0.196. The second-order valence-corrected chi connectivity index (χ2v) is 10.2. The zero-order chi connectivity index (χ0) is 24.5. The lowest BCUT2D eigenvalue weighted by Crippen LogP contribution is -2.40. The zero-order valence-corrected chi connectivity index (χ0v) is 20.2. The molecule has 0 atom stereocenters. The number of aryl methyl sites for hydroxylation is 1. The molecule has 0 radical (unpaired) electrons. The van der Waals surface area contributed by atoms with Gasteiger partial charge in [0.2, 0.25) is 15.9 Å². The molecule has 1 aliphatic rings. The number of anilines is 1. The number of hydrogen-bond acceptors (Lipinski definition) is 6. The van der Waals surface area contributed by atoms with E-state index in [9.17, 15) is 18.0 Å². The minimum Gasteiger partial charge on any atom is -0.489 e. The molecule has 1 N–H and O–H groups in total. The molecule has 1 saturated heterocycles. The lowest BCUT2D eigenvalue weighted by atomic mass is 10.2. The number of para-hydroxylation sites is 2. The number of rotatable bonds is 7. The number of morpholine rings is 1. The van der Waals surface area contributed by atoms with Crippen molar-refractivity contribution in [2.45, 2.75) is 31.4 Å². The minimum atomic E-state index is -3.77. The predicted molar refractivity (Wildman–Crippen MR) is 128 cm³/mol. The number of sulfonamides is 1. The Morgan fingerprint density at radius 1 is 1.12 bits per heavy atom. The minimum absolute atomic E-state index is 0.0446. The van der Waals surface area contributed by atoms with Gasteiger partial charge in [-0.25, -0.2) is 13.2 Å². The molecule has 1 fully saturated rings. The van der Waals surface area contributed by atoms with Gasteiger partial charge in [-0.3, -0.25) is 13.9 Å². The van der Waals surface area contributed by atoms with Crippen molar-refractivity contribution in [3.63, 3.8) is 0 Å². The van der Waals surface area contributed by atoms with Crippen LogP contribution >= 0.6 is 0 Å². The van der Waals surface area contributed by atoms with E-state index in [0.717, 1.165) is 0 Å². The summed E-state index contributed by atoms with van der Waals surface area (Å²) in [4.78, 5) is 25.7. The summed E-state index contributed by atoms with van der Waals surface area (Å²) >= 11 is 0. The number of carbonyl (C=O) groups excluding carboxylic acids is 1. The van der Waals surface area contributed by atoms with Crippen LogP contribution in [0.2, 0.25) is 0 Å². The lowest BCUT2D eigenvalue weighted by Gasteiger charge is -2.26. The average molecular weight is 489 g/mol. The Labute approximate surface area is 197 Å². The van der Waals surface area contributed by atoms with Gasteiger partial charge in [0, 0.05) is 20.1 Å². The van der Waals surface area contributed by atoms with Crippen molar-refractivity contribution in [3.05, 3.63) is 52.9 Å². The smallest absolute Gasteiger partial charge is 0.329 e. The molecule has 11 heteroatoms. The molecule has 2 aromatic carbocycles. The summed E-state index contributed by atoms with van der Waals surface area (Å²) in [6.45, 7) is 4.62. The topological polar surface area (TPSA) is 112 Å². The van der Waals surface area contributed by atoms with Crippen molar-refractivity contribution in [1.82, 2.24) is 13.4 Å². The number of carbonyl (C=O) groups is 1. The van der Waals surface area contributed by atoms with E-state index in [2.05, 4.69) is 5.32 Å². The summed E-state index contributed by atoms with van der Waals surface area (Å²) in [5, 5.41) is 2.74. The molecular formula is C23H28N4O6S. The summed E-state index contributed by atoms with van der Waals surface area (Å²) in [5.74, 6) is -0.137. The van der Waals surface area contributed by atoms with Gasteiger partial charge in [0.05, 0.1) is 40.9 Å². The highest BCUT2D eigenvalue weighted by atomic mass is 32.2. The van der Waals surface area contributed by atoms with Crippen molar-refractivity contribution in [2.75, 3.05) is 31.6 Å². The molecule has 1 aromatic heterocycles. The number of imidazole rings is 1. The molecule has 0 spiro atoms. The van der Waals surface area contributed by atoms with Crippen LogP contribution in [0, 0.1) is 0 Å². The van der Waals surface area contributed by atoms with E-state index in [1.165, 1.54) is 31.6 Å². The first-order valence-electron chi connectivity index (χ1n) is 11.0. The maximum absolute atomic E-state index is 13.1. The quantitative estimate of drug-likeness (QED) is 0.543. The van der Waals surface area contributed by atoms with Crippen LogP contribution in [0.15, 0.2) is 52.2 Å². The highest BCUT2D eigenvalue weighted by Crippen LogP contribution is 2.30. The number of aromatic nitrogens is 2. The molecule has 0 aliphatic carbocycles. The van der Waals surface area contributed by atoms with Crippen molar-refractivity contribution < 1.29 is 22.7 Å². The molecule has 10 nitrogen and oxygen atoms in total. The SMILES string of the molecule is CC(C)Oc1ccc(S(=O)(=O)N2CCOCC2)cc1NC(=O)Cn1c(=O)n(C)c2ccccc21. The lowest BCUT2D eigenvalue weighted by molar-refractivity contribution is -0.116. The van der Waals surface area contributed by atoms with Crippen molar-refractivity contribution in [1.29, 1.82) is 0 Å². The van der Waals surface area contributed by atoms with Gasteiger partial charge in [-0.1, -0.05) is 12.1 Å². The fourth-order valence-electron chi connectivity index (χ4n) is 3.91. The standard InChI is InChI=1S/C23H28N4O6S/c1-16(2)33-21-9-8-17(34(30,31)26-10-12-32-13-11-26)14-18(21)24-22(28)15-27-20-7-5-4-6-19(20)25(3)23(27)29/h4-9,14,16H,10-13,15H2,1-3H3,(H,24,28). The first-order valence-corrected chi connectivity index (χ1v) is 12.4. The second kappa shape index (κ2) is 9.61. The van der Waals surface area contributed by atoms with Gasteiger partial charge in [-0.2, -0.15) is 4.31 Å². The number of ether oxygens (including phenoxy) is 2. The molecule has 1 amide bonds. The molecule has 34 heavy (non-hydrogen) atoms. The fourth-order valence-corrected chi connectivity index (χ4v) is 5.34. The third-order valence-corrected chi connectivity index (χ3v) is 7.44. The second-order valence-electron chi connectivity index (χ2n) is 8.31. The fraction of sp³-hybridized carbons (Fsp3) is 0.391. The van der Waals surface area contributed by atoms with E-state index >= 15 is 0 Å². The normalized spacial score (nSPS) is 15.1. The summed E-state index contributed by atoms with van der Waals surface area (Å²) in [5.41, 5.74) is 1.25. The monoisotopic (exact) mass is 488 g/mol. The zero-order valence-electron chi connectivity index (χ0n) is 19.4. The molecular weight excluding hydrogens is 460 g/mol. The highest BCUT2D eigenvalue weighted by Gasteiger charge is 2.27. The van der Waals surface area contributed by atoms with Crippen LogP contribution in [0.1, 0.15) is 13.8 Å². The van der Waals surface area contributed by atoms with E-state index in [-0.39, 0.29) is 42.0 Å². The van der Waals surface area contributed by atoms with Gasteiger partial charge >= 0.3 is 5.69 Å². The van der Waals surface area contributed by atoms with E-state index < -0.39 is 15.9 Å². The Balaban J connectivity index is 1.65. The van der Waals surface area contributed by atoms with E-state index in [1.807, 2.05) is 19.9 Å². The van der Waals surface area contributed by atoms with Crippen LogP contribution in [0.25, 0.3) is 11.0 Å². The van der Waals surface area contributed by atoms with Crippen LogP contribution < -0.4 is 15.7 Å². The maximum atomic E-state index is 13.1. The van der Waals surface area contributed by atoms with Crippen molar-refractivity contribution in [2.24, 2.45) is 7.05 Å². The summed E-state index contributed by atoms with van der Waals surface area (Å²) in [7, 11) is -2.12. The van der Waals surface area contributed by atoms with Gasteiger partial charge in [-0.05, 0) is 44.2 Å². The Kier molecular flexibility index (Phi) is 6.78.